The molecule has 3 rings (SSSR count). The smallest absolute Gasteiger partial charge is 0.289 e. The molecule has 1 atom stereocenters. The maximum absolute atomic E-state index is 12.4. The molecule has 1 N–H and O–H groups in total. The molecule has 3 heterocycles. The van der Waals surface area contributed by atoms with E-state index in [0.29, 0.717) is 13.0 Å². The minimum absolute atomic E-state index is 0.120. The maximum atomic E-state index is 12.4. The zero-order chi connectivity index (χ0) is 16.2. The third-order valence-corrected chi connectivity index (χ3v) is 4.13. The molecule has 1 amide bonds. The number of carbonyl (C=O) groups excluding carboxylic acids is 1. The van der Waals surface area contributed by atoms with Gasteiger partial charge in [-0.3, -0.25) is 9.78 Å². The summed E-state index contributed by atoms with van der Waals surface area (Å²) >= 11 is 0. The SMILES string of the molecule is CCC1=C(O)C(=O)N(CCCn2ccnc2)C1c1ccccn1. The van der Waals surface area contributed by atoms with Crippen LogP contribution >= 0.6 is 0 Å². The van der Waals surface area contributed by atoms with E-state index in [0.717, 1.165) is 24.2 Å². The molecule has 120 valence electrons. The largest absolute Gasteiger partial charge is 0.503 e. The first-order valence-electron chi connectivity index (χ1n) is 7.82. The normalized spacial score (nSPS) is 18.0. The molecule has 0 radical (unpaired) electrons. The van der Waals surface area contributed by atoms with Gasteiger partial charge in [0.1, 0.15) is 0 Å². The second-order valence-corrected chi connectivity index (χ2v) is 5.54. The van der Waals surface area contributed by atoms with Crippen LogP contribution in [0.15, 0.2) is 54.4 Å². The first-order valence-corrected chi connectivity index (χ1v) is 7.82. The van der Waals surface area contributed by atoms with Crippen LogP contribution in [-0.4, -0.2) is 37.0 Å². The van der Waals surface area contributed by atoms with Gasteiger partial charge in [0.25, 0.3) is 5.91 Å². The van der Waals surface area contributed by atoms with Crippen LogP contribution in [0, 0.1) is 0 Å². The first kappa shape index (κ1) is 15.3. The second-order valence-electron chi connectivity index (χ2n) is 5.54. The molecule has 0 saturated heterocycles. The molecular weight excluding hydrogens is 292 g/mol. The highest BCUT2D eigenvalue weighted by Gasteiger charge is 2.39. The van der Waals surface area contributed by atoms with Crippen LogP contribution in [0.5, 0.6) is 0 Å². The van der Waals surface area contributed by atoms with Crippen LogP contribution in [0.2, 0.25) is 0 Å². The van der Waals surface area contributed by atoms with Crippen molar-refractivity contribution in [3.63, 3.8) is 0 Å². The number of aliphatic hydroxyl groups is 1. The van der Waals surface area contributed by atoms with Gasteiger partial charge in [0.15, 0.2) is 5.76 Å². The number of carbonyl (C=O) groups is 1. The van der Waals surface area contributed by atoms with Crippen molar-refractivity contribution in [1.29, 1.82) is 0 Å². The number of nitrogens with zero attached hydrogens (tertiary/aromatic N) is 4. The Morgan fingerprint density at radius 3 is 2.78 bits per heavy atom. The van der Waals surface area contributed by atoms with E-state index < -0.39 is 0 Å². The van der Waals surface area contributed by atoms with Crippen LogP contribution in [0.25, 0.3) is 0 Å². The number of imidazole rings is 1. The lowest BCUT2D eigenvalue weighted by molar-refractivity contribution is -0.129. The number of pyridine rings is 1. The molecule has 23 heavy (non-hydrogen) atoms. The van der Waals surface area contributed by atoms with E-state index in [-0.39, 0.29) is 17.7 Å². The summed E-state index contributed by atoms with van der Waals surface area (Å²) < 4.78 is 1.98. The number of aliphatic hydroxyl groups excluding tert-OH is 1. The molecular formula is C17H20N4O2. The van der Waals surface area contributed by atoms with E-state index in [1.807, 2.05) is 35.9 Å². The van der Waals surface area contributed by atoms with E-state index in [9.17, 15) is 9.90 Å². The molecule has 6 heteroatoms. The predicted molar refractivity (Wildman–Crippen MR) is 85.5 cm³/mol. The zero-order valence-corrected chi connectivity index (χ0v) is 13.1. The molecule has 1 unspecified atom stereocenters. The summed E-state index contributed by atoms with van der Waals surface area (Å²) in [6, 6.07) is 5.38. The number of rotatable bonds is 6. The zero-order valence-electron chi connectivity index (χ0n) is 13.1. The van der Waals surface area contributed by atoms with Gasteiger partial charge in [0.05, 0.1) is 18.1 Å². The Morgan fingerprint density at radius 2 is 2.13 bits per heavy atom. The van der Waals surface area contributed by atoms with Crippen LogP contribution in [0.3, 0.4) is 0 Å². The quantitative estimate of drug-likeness (QED) is 0.889. The number of hydrogen-bond donors (Lipinski definition) is 1. The van der Waals surface area contributed by atoms with Gasteiger partial charge in [-0.25, -0.2) is 4.98 Å². The van der Waals surface area contributed by atoms with Gasteiger partial charge >= 0.3 is 0 Å². The van der Waals surface area contributed by atoms with Crippen molar-refractivity contribution in [2.75, 3.05) is 6.54 Å². The van der Waals surface area contributed by atoms with Crippen LogP contribution in [0.4, 0.5) is 0 Å². The standard InChI is InChI=1S/C17H20N4O2/c1-2-13-15(14-6-3-4-7-19-14)21(17(23)16(13)22)10-5-9-20-11-8-18-12-20/h3-4,6-8,11-12,15,22H,2,5,9-10H2,1H3. The van der Waals surface area contributed by atoms with Gasteiger partial charge in [0, 0.05) is 37.3 Å². The molecule has 0 fully saturated rings. The minimum Gasteiger partial charge on any atom is -0.503 e. The lowest BCUT2D eigenvalue weighted by atomic mass is 10.0. The topological polar surface area (TPSA) is 71.2 Å². The van der Waals surface area contributed by atoms with Crippen molar-refractivity contribution in [2.24, 2.45) is 0 Å². The predicted octanol–water partition coefficient (Wildman–Crippen LogP) is 2.47. The van der Waals surface area contributed by atoms with E-state index >= 15 is 0 Å². The molecule has 6 nitrogen and oxygen atoms in total. The number of amides is 1. The number of hydrogen-bond acceptors (Lipinski definition) is 4. The van der Waals surface area contributed by atoms with Crippen LogP contribution in [0.1, 0.15) is 31.5 Å². The summed E-state index contributed by atoms with van der Waals surface area (Å²) in [4.78, 5) is 22.5. The summed E-state index contributed by atoms with van der Waals surface area (Å²) in [6.07, 6.45) is 8.52. The fraction of sp³-hybridized carbons (Fsp3) is 0.353. The average Bonchev–Trinajstić information content (AvgIpc) is 3.17. The van der Waals surface area contributed by atoms with Gasteiger partial charge in [-0.15, -0.1) is 0 Å². The second kappa shape index (κ2) is 6.64. The van der Waals surface area contributed by atoms with Crippen molar-refractivity contribution in [3.05, 3.63) is 60.1 Å². The molecule has 1 aliphatic heterocycles. The highest BCUT2D eigenvalue weighted by Crippen LogP contribution is 2.37. The molecule has 0 aliphatic carbocycles. The monoisotopic (exact) mass is 312 g/mol. The Balaban J connectivity index is 1.78. The molecule has 2 aromatic rings. The molecule has 0 bridgehead atoms. The molecule has 0 spiro atoms. The van der Waals surface area contributed by atoms with Crippen molar-refractivity contribution in [2.45, 2.75) is 32.4 Å². The Morgan fingerprint density at radius 1 is 1.26 bits per heavy atom. The van der Waals surface area contributed by atoms with E-state index in [2.05, 4.69) is 9.97 Å². The Kier molecular flexibility index (Phi) is 4.41. The van der Waals surface area contributed by atoms with E-state index in [1.165, 1.54) is 0 Å². The lowest BCUT2D eigenvalue weighted by Gasteiger charge is -2.26. The van der Waals surface area contributed by atoms with Crippen LogP contribution in [-0.2, 0) is 11.3 Å². The summed E-state index contributed by atoms with van der Waals surface area (Å²) in [5.41, 5.74) is 1.54. The van der Waals surface area contributed by atoms with E-state index in [4.69, 9.17) is 0 Å². The van der Waals surface area contributed by atoms with Gasteiger partial charge < -0.3 is 14.6 Å². The highest BCUT2D eigenvalue weighted by molar-refractivity contribution is 5.95. The highest BCUT2D eigenvalue weighted by atomic mass is 16.3. The summed E-state index contributed by atoms with van der Waals surface area (Å²) in [5.74, 6) is -0.422. The first-order chi connectivity index (χ1) is 11.2. The third-order valence-electron chi connectivity index (χ3n) is 4.13. The fourth-order valence-electron chi connectivity index (χ4n) is 3.02. The Labute approximate surface area is 135 Å². The fourth-order valence-corrected chi connectivity index (χ4v) is 3.02. The summed E-state index contributed by atoms with van der Waals surface area (Å²) in [5, 5.41) is 10.2. The average molecular weight is 312 g/mol. The molecule has 0 aromatic carbocycles. The Bertz CT molecular complexity index is 695. The number of aryl methyl sites for hydroxylation is 1. The van der Waals surface area contributed by atoms with Gasteiger partial charge in [0.2, 0.25) is 0 Å². The van der Waals surface area contributed by atoms with Crippen LogP contribution < -0.4 is 0 Å². The van der Waals surface area contributed by atoms with Gasteiger partial charge in [-0.05, 0) is 25.0 Å². The summed E-state index contributed by atoms with van der Waals surface area (Å²) in [6.45, 7) is 3.29. The van der Waals surface area contributed by atoms with Crippen molar-refractivity contribution < 1.29 is 9.90 Å². The molecule has 2 aromatic heterocycles. The number of aromatic nitrogens is 3. The molecule has 0 saturated carbocycles. The third kappa shape index (κ3) is 2.97. The maximum Gasteiger partial charge on any atom is 0.289 e. The van der Waals surface area contributed by atoms with Crippen molar-refractivity contribution in [1.82, 2.24) is 19.4 Å². The van der Waals surface area contributed by atoms with Crippen molar-refractivity contribution in [3.8, 4) is 0 Å². The minimum atomic E-state index is -0.303. The Hall–Kier alpha value is -2.63. The summed E-state index contributed by atoms with van der Waals surface area (Å²) in [7, 11) is 0. The molecule has 1 aliphatic rings. The van der Waals surface area contributed by atoms with Gasteiger partial charge in [-0.1, -0.05) is 13.0 Å². The van der Waals surface area contributed by atoms with E-state index in [1.54, 1.807) is 23.6 Å². The van der Waals surface area contributed by atoms with Crippen molar-refractivity contribution >= 4 is 5.91 Å². The lowest BCUT2D eigenvalue weighted by Crippen LogP contribution is -2.32. The van der Waals surface area contributed by atoms with Gasteiger partial charge in [-0.2, -0.15) is 0 Å².